The highest BCUT2D eigenvalue weighted by molar-refractivity contribution is 7.11. The first-order valence-corrected chi connectivity index (χ1v) is 9.09. The number of nitrogens with zero attached hydrogens (tertiary/aromatic N) is 3. The molecule has 2 aromatic rings. The number of aromatic nitrogens is 3. The number of carbonyl (C=O) groups is 1. The average molecular weight is 332 g/mol. The lowest BCUT2D eigenvalue weighted by molar-refractivity contribution is -0.120. The second kappa shape index (κ2) is 6.83. The van der Waals surface area contributed by atoms with Crippen LogP contribution in [0.25, 0.3) is 0 Å². The lowest BCUT2D eigenvalue weighted by Crippen LogP contribution is -2.27. The topological polar surface area (TPSA) is 59.8 Å². The van der Waals surface area contributed by atoms with Crippen LogP contribution in [0.1, 0.15) is 45.4 Å². The van der Waals surface area contributed by atoms with Crippen LogP contribution in [0.4, 0.5) is 0 Å². The van der Waals surface area contributed by atoms with Crippen LogP contribution in [0.5, 0.6) is 0 Å². The van der Waals surface area contributed by atoms with Gasteiger partial charge in [0.25, 0.3) is 0 Å². The molecule has 0 bridgehead atoms. The number of nitrogens with one attached hydrogen (secondary N) is 1. The number of aryl methyl sites for hydroxylation is 4. The smallest absolute Gasteiger partial charge is 0.224 e. The Morgan fingerprint density at radius 1 is 1.30 bits per heavy atom. The molecule has 0 radical (unpaired) electrons. The predicted molar refractivity (Wildman–Crippen MR) is 91.9 cm³/mol. The Morgan fingerprint density at radius 3 is 2.78 bits per heavy atom. The van der Waals surface area contributed by atoms with Gasteiger partial charge in [0, 0.05) is 36.1 Å². The maximum absolute atomic E-state index is 12.1. The molecule has 124 valence electrons. The van der Waals surface area contributed by atoms with Crippen LogP contribution >= 0.6 is 11.3 Å². The van der Waals surface area contributed by atoms with E-state index < -0.39 is 0 Å². The molecule has 0 fully saturated rings. The molecule has 3 rings (SSSR count). The lowest BCUT2D eigenvalue weighted by atomic mass is 10.0. The molecule has 1 N–H and O–H groups in total. The third kappa shape index (κ3) is 3.63. The molecule has 2 aromatic heterocycles. The number of hydrogen-bond donors (Lipinski definition) is 1. The first kappa shape index (κ1) is 16.2. The zero-order valence-electron chi connectivity index (χ0n) is 14.1. The van der Waals surface area contributed by atoms with Gasteiger partial charge in [-0.25, -0.2) is 4.98 Å². The third-order valence-corrected chi connectivity index (χ3v) is 5.76. The summed E-state index contributed by atoms with van der Waals surface area (Å²) in [5.74, 6) is 0.0607. The van der Waals surface area contributed by atoms with Gasteiger partial charge in [-0.05, 0) is 39.5 Å². The molecule has 0 saturated carbocycles. The van der Waals surface area contributed by atoms with E-state index in [0.717, 1.165) is 34.8 Å². The van der Waals surface area contributed by atoms with E-state index in [0.29, 0.717) is 13.0 Å². The summed E-state index contributed by atoms with van der Waals surface area (Å²) in [6, 6.07) is 0. The minimum atomic E-state index is 0.0607. The minimum absolute atomic E-state index is 0.0607. The summed E-state index contributed by atoms with van der Waals surface area (Å²) < 4.78 is 1.83. The Labute approximate surface area is 141 Å². The summed E-state index contributed by atoms with van der Waals surface area (Å²) in [6.07, 6.45) is 6.08. The highest BCUT2D eigenvalue weighted by Gasteiger charge is 2.16. The predicted octanol–water partition coefficient (Wildman–Crippen LogP) is 2.27. The zero-order chi connectivity index (χ0) is 16.4. The molecule has 1 amide bonds. The summed E-state index contributed by atoms with van der Waals surface area (Å²) >= 11 is 1.82. The summed E-state index contributed by atoms with van der Waals surface area (Å²) in [5.41, 5.74) is 4.33. The van der Waals surface area contributed by atoms with Crippen LogP contribution < -0.4 is 5.32 Å². The molecule has 1 aliphatic carbocycles. The molecular weight excluding hydrogens is 308 g/mol. The van der Waals surface area contributed by atoms with Gasteiger partial charge in [-0.3, -0.25) is 9.48 Å². The Morgan fingerprint density at radius 2 is 2.09 bits per heavy atom. The van der Waals surface area contributed by atoms with Gasteiger partial charge < -0.3 is 5.32 Å². The number of thiazole rings is 1. The highest BCUT2D eigenvalue weighted by Crippen LogP contribution is 2.26. The quantitative estimate of drug-likeness (QED) is 0.914. The fourth-order valence-electron chi connectivity index (χ4n) is 3.12. The fraction of sp³-hybridized carbons (Fsp3) is 0.588. The third-order valence-electron chi connectivity index (χ3n) is 4.55. The van der Waals surface area contributed by atoms with Gasteiger partial charge in [0.2, 0.25) is 5.91 Å². The first-order valence-electron chi connectivity index (χ1n) is 8.28. The molecule has 0 saturated heterocycles. The van der Waals surface area contributed by atoms with Crippen molar-refractivity contribution in [3.8, 4) is 0 Å². The van der Waals surface area contributed by atoms with Crippen molar-refractivity contribution >= 4 is 17.2 Å². The molecule has 6 heteroatoms. The zero-order valence-corrected chi connectivity index (χ0v) is 14.9. The average Bonchev–Trinajstić information content (AvgIpc) is 3.03. The molecule has 2 heterocycles. The standard InChI is InChI=1S/C17H24N4OS/c1-11-13(12(2)21(3)20-11)10-16(22)18-9-8-17-19-14-6-4-5-7-15(14)23-17/h4-10H2,1-3H3,(H,18,22). The van der Waals surface area contributed by atoms with E-state index in [1.807, 2.05) is 36.9 Å². The summed E-state index contributed by atoms with van der Waals surface area (Å²) in [7, 11) is 1.91. The largest absolute Gasteiger partial charge is 0.355 e. The maximum atomic E-state index is 12.1. The van der Waals surface area contributed by atoms with Crippen LogP contribution in [0, 0.1) is 13.8 Å². The lowest BCUT2D eigenvalue weighted by Gasteiger charge is -2.06. The number of fused-ring (bicyclic) bond motifs is 1. The summed E-state index contributed by atoms with van der Waals surface area (Å²) in [5, 5.41) is 8.53. The van der Waals surface area contributed by atoms with E-state index >= 15 is 0 Å². The minimum Gasteiger partial charge on any atom is -0.355 e. The monoisotopic (exact) mass is 332 g/mol. The van der Waals surface area contributed by atoms with Crippen molar-refractivity contribution in [3.63, 3.8) is 0 Å². The van der Waals surface area contributed by atoms with Crippen molar-refractivity contribution in [1.29, 1.82) is 0 Å². The van der Waals surface area contributed by atoms with Crippen LogP contribution in [-0.2, 0) is 37.5 Å². The number of rotatable bonds is 5. The highest BCUT2D eigenvalue weighted by atomic mass is 32.1. The van der Waals surface area contributed by atoms with Gasteiger partial charge in [-0.1, -0.05) is 0 Å². The van der Waals surface area contributed by atoms with Crippen molar-refractivity contribution < 1.29 is 4.79 Å². The van der Waals surface area contributed by atoms with Crippen molar-refractivity contribution in [1.82, 2.24) is 20.1 Å². The Kier molecular flexibility index (Phi) is 4.80. The molecule has 0 aliphatic heterocycles. The van der Waals surface area contributed by atoms with E-state index in [9.17, 15) is 4.79 Å². The molecule has 0 unspecified atom stereocenters. The van der Waals surface area contributed by atoms with Crippen LogP contribution in [-0.4, -0.2) is 27.2 Å². The van der Waals surface area contributed by atoms with Gasteiger partial charge in [0.1, 0.15) is 0 Å². The fourth-order valence-corrected chi connectivity index (χ4v) is 4.27. The van der Waals surface area contributed by atoms with Crippen LogP contribution in [0.3, 0.4) is 0 Å². The van der Waals surface area contributed by atoms with E-state index in [1.165, 1.54) is 29.8 Å². The van der Waals surface area contributed by atoms with Gasteiger partial charge in [-0.15, -0.1) is 11.3 Å². The Hall–Kier alpha value is -1.69. The number of amides is 1. The van der Waals surface area contributed by atoms with Crippen LogP contribution in [0.2, 0.25) is 0 Å². The molecule has 1 aliphatic rings. The first-order chi connectivity index (χ1) is 11.0. The van der Waals surface area contributed by atoms with Crippen molar-refractivity contribution in [2.45, 2.75) is 52.4 Å². The molecule has 0 aromatic carbocycles. The molecule has 0 spiro atoms. The van der Waals surface area contributed by atoms with Gasteiger partial charge >= 0.3 is 0 Å². The number of hydrogen-bond acceptors (Lipinski definition) is 4. The van der Waals surface area contributed by atoms with E-state index in [-0.39, 0.29) is 5.91 Å². The van der Waals surface area contributed by atoms with Gasteiger partial charge in [-0.2, -0.15) is 5.10 Å². The van der Waals surface area contributed by atoms with Crippen molar-refractivity contribution in [3.05, 3.63) is 32.5 Å². The Balaban J connectivity index is 1.50. The number of carbonyl (C=O) groups excluding carboxylic acids is 1. The molecule has 23 heavy (non-hydrogen) atoms. The van der Waals surface area contributed by atoms with Gasteiger partial charge in [0.15, 0.2) is 0 Å². The maximum Gasteiger partial charge on any atom is 0.224 e. The SMILES string of the molecule is Cc1nn(C)c(C)c1CC(=O)NCCc1nc2c(s1)CCCC2. The molecule has 5 nitrogen and oxygen atoms in total. The second-order valence-electron chi connectivity index (χ2n) is 6.23. The normalized spacial score (nSPS) is 13.9. The summed E-state index contributed by atoms with van der Waals surface area (Å²) in [6.45, 7) is 4.61. The van der Waals surface area contributed by atoms with E-state index in [2.05, 4.69) is 10.4 Å². The van der Waals surface area contributed by atoms with Crippen molar-refractivity contribution in [2.24, 2.45) is 7.05 Å². The summed E-state index contributed by atoms with van der Waals surface area (Å²) in [4.78, 5) is 18.3. The molecule has 0 atom stereocenters. The molecular formula is C17H24N4OS. The van der Waals surface area contributed by atoms with Gasteiger partial charge in [0.05, 0.1) is 22.8 Å². The van der Waals surface area contributed by atoms with E-state index in [4.69, 9.17) is 4.98 Å². The van der Waals surface area contributed by atoms with E-state index in [1.54, 1.807) is 0 Å². The van der Waals surface area contributed by atoms with Crippen molar-refractivity contribution in [2.75, 3.05) is 6.54 Å². The second-order valence-corrected chi connectivity index (χ2v) is 7.40. The van der Waals surface area contributed by atoms with Crippen LogP contribution in [0.15, 0.2) is 0 Å². The Bertz CT molecular complexity index is 693.